The van der Waals surface area contributed by atoms with Gasteiger partial charge in [0.1, 0.15) is 0 Å². The summed E-state index contributed by atoms with van der Waals surface area (Å²) in [6.07, 6.45) is -0.482. The molecular formula is C67H42N4. The number of para-hydroxylation sites is 3. The lowest BCUT2D eigenvalue weighted by atomic mass is 9.70. The first-order valence-electron chi connectivity index (χ1n) is 24.7. The number of nitrogens with zero attached hydrogens (tertiary/aromatic N) is 3. The van der Waals surface area contributed by atoms with Crippen LogP contribution in [0, 0.1) is 0 Å². The standard InChI is InChI=1S/C67H42N4/c1-3-19-41(20-4-1)64-51-29-12-17-33-57(51)68-66(69-64)71-60-38-36-43(42-35-37-59-52(39-42)47-25-13-18-34-58(47)70(59)44-21-5-2-6-22-44)40-53(60)62-49-27-8-7-26-48(49)61-50-28-11-16-32-56(50)67(63(61)65(62)71)54-30-14-9-23-45(54)46-24-10-15-31-55(46)67/h1-40,66,69H. The molecule has 0 saturated heterocycles. The molecule has 0 bridgehead atoms. The van der Waals surface area contributed by atoms with E-state index in [9.17, 15) is 0 Å². The minimum absolute atomic E-state index is 0.482. The van der Waals surface area contributed by atoms with Crippen LogP contribution >= 0.6 is 0 Å². The van der Waals surface area contributed by atoms with Gasteiger partial charge in [-0.25, -0.2) is 4.99 Å². The molecule has 71 heavy (non-hydrogen) atoms. The van der Waals surface area contributed by atoms with Gasteiger partial charge in [0, 0.05) is 38.0 Å². The van der Waals surface area contributed by atoms with Gasteiger partial charge in [-0.2, -0.15) is 0 Å². The van der Waals surface area contributed by atoms with E-state index in [4.69, 9.17) is 4.99 Å². The summed E-state index contributed by atoms with van der Waals surface area (Å²) in [5.74, 6) is 0. The molecule has 4 heteroatoms. The lowest BCUT2D eigenvalue weighted by Gasteiger charge is -2.33. The van der Waals surface area contributed by atoms with Crippen molar-refractivity contribution in [2.45, 2.75) is 11.7 Å². The van der Waals surface area contributed by atoms with E-state index in [-0.39, 0.29) is 0 Å². The zero-order valence-corrected chi connectivity index (χ0v) is 38.5. The molecule has 1 spiro atoms. The highest BCUT2D eigenvalue weighted by atomic mass is 15.3. The van der Waals surface area contributed by atoms with Gasteiger partial charge in [0.05, 0.1) is 38.5 Å². The lowest BCUT2D eigenvalue weighted by Crippen LogP contribution is -2.41. The van der Waals surface area contributed by atoms with Crippen molar-refractivity contribution in [1.29, 1.82) is 0 Å². The SMILES string of the molecule is c1ccc(C2=c3ccccc3=NC(n3c4ccc(-c5ccc6c(c5)c5ccccc5n6-c5ccccc5)cc4c4c5ccccc5c5c(c43)C3(c4ccccc4-c4ccccc43)c3ccccc3-5)N2)cc1. The van der Waals surface area contributed by atoms with Gasteiger partial charge in [-0.15, -0.1) is 0 Å². The fourth-order valence-corrected chi connectivity index (χ4v) is 13.2. The summed E-state index contributed by atoms with van der Waals surface area (Å²) in [4.78, 5) is 5.72. The van der Waals surface area contributed by atoms with Crippen molar-refractivity contribution in [2.75, 3.05) is 0 Å². The first-order valence-corrected chi connectivity index (χ1v) is 24.7. The van der Waals surface area contributed by atoms with E-state index in [0.29, 0.717) is 0 Å². The maximum absolute atomic E-state index is 5.72. The van der Waals surface area contributed by atoms with Crippen molar-refractivity contribution in [1.82, 2.24) is 14.5 Å². The van der Waals surface area contributed by atoms with Crippen LogP contribution in [0.25, 0.3) is 99.1 Å². The van der Waals surface area contributed by atoms with Crippen LogP contribution in [-0.4, -0.2) is 9.13 Å². The molecule has 0 amide bonds. The van der Waals surface area contributed by atoms with Crippen molar-refractivity contribution in [3.8, 4) is 39.1 Å². The number of rotatable bonds is 4. The predicted molar refractivity (Wildman–Crippen MR) is 291 cm³/mol. The Morgan fingerprint density at radius 3 is 1.70 bits per heavy atom. The van der Waals surface area contributed by atoms with Crippen LogP contribution in [0.3, 0.4) is 0 Å². The quantitative estimate of drug-likeness (QED) is 0.188. The van der Waals surface area contributed by atoms with E-state index in [1.165, 1.54) is 105 Å². The summed E-state index contributed by atoms with van der Waals surface area (Å²) >= 11 is 0. The van der Waals surface area contributed by atoms with Crippen molar-refractivity contribution in [3.05, 3.63) is 281 Å². The molecule has 0 radical (unpaired) electrons. The highest BCUT2D eigenvalue weighted by Gasteiger charge is 2.54. The van der Waals surface area contributed by atoms with Crippen LogP contribution in [0.15, 0.2) is 248 Å². The van der Waals surface area contributed by atoms with Gasteiger partial charge in [0.2, 0.25) is 6.29 Å². The van der Waals surface area contributed by atoms with E-state index in [2.05, 4.69) is 257 Å². The molecule has 4 nitrogen and oxygen atoms in total. The smallest absolute Gasteiger partial charge is 0.201 e. The molecular weight excluding hydrogens is 861 g/mol. The Balaban J connectivity index is 1.05. The van der Waals surface area contributed by atoms with Crippen molar-refractivity contribution in [3.63, 3.8) is 0 Å². The summed E-state index contributed by atoms with van der Waals surface area (Å²) in [6.45, 7) is 0. The summed E-state index contributed by atoms with van der Waals surface area (Å²) in [7, 11) is 0. The van der Waals surface area contributed by atoms with Gasteiger partial charge >= 0.3 is 0 Å². The molecule has 1 unspecified atom stereocenters. The third-order valence-corrected chi connectivity index (χ3v) is 15.9. The van der Waals surface area contributed by atoms with Crippen LogP contribution in [0.2, 0.25) is 0 Å². The summed E-state index contributed by atoms with van der Waals surface area (Å²) in [5, 5.41) is 13.6. The molecule has 2 aliphatic carbocycles. The minimum atomic E-state index is -0.604. The number of hydrogen-bond donors (Lipinski definition) is 1. The van der Waals surface area contributed by atoms with Gasteiger partial charge in [0.25, 0.3) is 0 Å². The molecule has 11 aromatic carbocycles. The highest BCUT2D eigenvalue weighted by Crippen LogP contribution is 2.66. The minimum Gasteiger partial charge on any atom is -0.345 e. The Bertz CT molecular complexity index is 4510. The Morgan fingerprint density at radius 1 is 0.408 bits per heavy atom. The van der Waals surface area contributed by atoms with Crippen LogP contribution in [0.1, 0.15) is 34.1 Å². The number of benzene rings is 11. The van der Waals surface area contributed by atoms with Gasteiger partial charge in [-0.05, 0) is 115 Å². The number of fused-ring (bicyclic) bond motifs is 21. The van der Waals surface area contributed by atoms with Crippen LogP contribution < -0.4 is 15.9 Å². The fraction of sp³-hybridized carbons (Fsp3) is 0.0299. The highest BCUT2D eigenvalue weighted by molar-refractivity contribution is 6.28. The molecule has 2 aromatic heterocycles. The van der Waals surface area contributed by atoms with Crippen LogP contribution in [-0.2, 0) is 5.41 Å². The Kier molecular flexibility index (Phi) is 7.84. The van der Waals surface area contributed by atoms with E-state index in [1.54, 1.807) is 0 Å². The fourth-order valence-electron chi connectivity index (χ4n) is 13.2. The monoisotopic (exact) mass is 902 g/mol. The van der Waals surface area contributed by atoms with E-state index >= 15 is 0 Å². The van der Waals surface area contributed by atoms with Crippen molar-refractivity contribution >= 4 is 60.1 Å². The summed E-state index contributed by atoms with van der Waals surface area (Å²) < 4.78 is 4.96. The first kappa shape index (κ1) is 38.7. The molecule has 16 rings (SSSR count). The topological polar surface area (TPSA) is 34.2 Å². The Hall–Kier alpha value is -9.25. The Labute approximate surface area is 409 Å². The molecule has 330 valence electrons. The second kappa shape index (κ2) is 14.4. The number of aromatic nitrogens is 2. The number of hydrogen-bond acceptors (Lipinski definition) is 2. The second-order valence-electron chi connectivity index (χ2n) is 19.3. The van der Waals surface area contributed by atoms with Gasteiger partial charge < -0.3 is 14.5 Å². The van der Waals surface area contributed by atoms with Gasteiger partial charge in [-0.1, -0.05) is 194 Å². The molecule has 0 fully saturated rings. The Morgan fingerprint density at radius 2 is 0.958 bits per heavy atom. The zero-order chi connectivity index (χ0) is 46.4. The second-order valence-corrected chi connectivity index (χ2v) is 19.3. The van der Waals surface area contributed by atoms with Crippen molar-refractivity contribution in [2.24, 2.45) is 4.99 Å². The predicted octanol–water partition coefficient (Wildman–Crippen LogP) is 14.6. The van der Waals surface area contributed by atoms with E-state index in [0.717, 1.165) is 33.0 Å². The van der Waals surface area contributed by atoms with Crippen molar-refractivity contribution < 1.29 is 0 Å². The largest absolute Gasteiger partial charge is 0.345 e. The molecule has 1 aliphatic heterocycles. The van der Waals surface area contributed by atoms with Crippen LogP contribution in [0.5, 0.6) is 0 Å². The average Bonchev–Trinajstić information content (AvgIpc) is 4.17. The van der Waals surface area contributed by atoms with Crippen LogP contribution in [0.4, 0.5) is 0 Å². The molecule has 3 aliphatic rings. The van der Waals surface area contributed by atoms with Gasteiger partial charge in [-0.3, -0.25) is 0 Å². The maximum Gasteiger partial charge on any atom is 0.201 e. The zero-order valence-electron chi connectivity index (χ0n) is 38.5. The van der Waals surface area contributed by atoms with Gasteiger partial charge in [0.15, 0.2) is 0 Å². The molecule has 1 atom stereocenters. The van der Waals surface area contributed by atoms with E-state index in [1.807, 2.05) is 0 Å². The first-order chi connectivity index (χ1) is 35.3. The molecule has 1 N–H and O–H groups in total. The maximum atomic E-state index is 5.72. The lowest BCUT2D eigenvalue weighted by molar-refractivity contribution is 0.488. The average molecular weight is 903 g/mol. The molecule has 0 saturated carbocycles. The van der Waals surface area contributed by atoms with E-state index < -0.39 is 11.7 Å². The normalized spacial score (nSPS) is 14.9. The molecule has 3 heterocycles. The third kappa shape index (κ3) is 5.10. The summed E-state index contributed by atoms with van der Waals surface area (Å²) in [6, 6.07) is 89.7. The summed E-state index contributed by atoms with van der Waals surface area (Å²) in [5.41, 5.74) is 20.2. The number of nitrogens with one attached hydrogen (secondary N) is 1. The third-order valence-electron chi connectivity index (χ3n) is 15.9. The molecule has 13 aromatic rings.